The van der Waals surface area contributed by atoms with E-state index in [2.05, 4.69) is 53.4 Å². The molecular formula is C40H29N3O3. The number of Topliss-reactive ketones (excluding diaryl/α,β-unsaturated/α-hetero) is 1. The maximum atomic E-state index is 14.9. The maximum Gasteiger partial charge on any atom is 0.269 e. The summed E-state index contributed by atoms with van der Waals surface area (Å²) in [6, 6.07) is 46.4. The van der Waals surface area contributed by atoms with Gasteiger partial charge in [-0.15, -0.1) is 0 Å². The van der Waals surface area contributed by atoms with Gasteiger partial charge < -0.3 is 4.90 Å². The molecule has 2 aliphatic rings. The van der Waals surface area contributed by atoms with Crippen LogP contribution in [0.2, 0.25) is 0 Å². The molecule has 8 rings (SSSR count). The Hall–Kier alpha value is -5.88. The molecule has 0 N–H and O–H groups in total. The van der Waals surface area contributed by atoms with Gasteiger partial charge in [0.25, 0.3) is 5.69 Å². The molecule has 6 aromatic rings. The van der Waals surface area contributed by atoms with E-state index in [1.165, 1.54) is 0 Å². The highest BCUT2D eigenvalue weighted by Gasteiger charge is 2.56. The number of nitro benzene ring substituents is 1. The van der Waals surface area contributed by atoms with E-state index < -0.39 is 5.92 Å². The van der Waals surface area contributed by atoms with Crippen molar-refractivity contribution in [2.75, 3.05) is 4.90 Å². The Bertz CT molecular complexity index is 2130. The van der Waals surface area contributed by atoms with Crippen molar-refractivity contribution in [3.05, 3.63) is 184 Å². The lowest BCUT2D eigenvalue weighted by Gasteiger charge is -2.39. The average molecular weight is 600 g/mol. The number of carbonyl (C=O) groups is 1. The first-order valence-electron chi connectivity index (χ1n) is 15.4. The van der Waals surface area contributed by atoms with E-state index in [1.54, 1.807) is 12.1 Å². The quantitative estimate of drug-likeness (QED) is 0.109. The van der Waals surface area contributed by atoms with Gasteiger partial charge in [0.2, 0.25) is 0 Å². The molecule has 1 fully saturated rings. The summed E-state index contributed by atoms with van der Waals surface area (Å²) in [7, 11) is 0. The molecule has 0 unspecified atom stereocenters. The van der Waals surface area contributed by atoms with Crippen LogP contribution in [-0.2, 0) is 0 Å². The highest BCUT2D eigenvalue weighted by atomic mass is 16.6. The van der Waals surface area contributed by atoms with Gasteiger partial charge in [-0.3, -0.25) is 14.9 Å². The Morgan fingerprint density at radius 1 is 0.674 bits per heavy atom. The number of nitro groups is 1. The van der Waals surface area contributed by atoms with Crippen molar-refractivity contribution in [1.29, 1.82) is 0 Å². The van der Waals surface area contributed by atoms with Gasteiger partial charge in [0.1, 0.15) is 0 Å². The minimum atomic E-state index is -0.488. The number of fused-ring (bicyclic) bond motifs is 4. The smallest absolute Gasteiger partial charge is 0.269 e. The third-order valence-electron chi connectivity index (χ3n) is 9.40. The van der Waals surface area contributed by atoms with Gasteiger partial charge in [0, 0.05) is 40.3 Å². The molecule has 6 nitrogen and oxygen atoms in total. The van der Waals surface area contributed by atoms with Crippen LogP contribution in [0, 0.1) is 16.0 Å². The second-order valence-electron chi connectivity index (χ2n) is 11.9. The van der Waals surface area contributed by atoms with Crippen LogP contribution in [0.5, 0.6) is 0 Å². The Morgan fingerprint density at radius 3 is 2.11 bits per heavy atom. The number of aromatic nitrogens is 1. The molecule has 1 saturated heterocycles. The zero-order chi connectivity index (χ0) is 31.2. The molecule has 0 amide bonds. The molecule has 0 bridgehead atoms. The van der Waals surface area contributed by atoms with Crippen molar-refractivity contribution in [2.24, 2.45) is 5.92 Å². The first-order chi connectivity index (χ1) is 22.6. The molecule has 6 heteroatoms. The SMILES string of the molecule is O=C(c1ccccc1)[C@@H]1[C@@H](c2ccccc2)[C@H](c2ccc([N+](=O)[O-])cc2)N2c3ccccc3C=C(c3ccc4ccccc4n3)[C@H]12. The summed E-state index contributed by atoms with van der Waals surface area (Å²) >= 11 is 0. The molecule has 222 valence electrons. The molecule has 0 saturated carbocycles. The number of hydrogen-bond acceptors (Lipinski definition) is 5. The summed E-state index contributed by atoms with van der Waals surface area (Å²) in [6.07, 6.45) is 2.19. The normalized spacial score (nSPS) is 20.1. The first kappa shape index (κ1) is 27.7. The first-order valence-corrected chi connectivity index (χ1v) is 15.4. The van der Waals surface area contributed by atoms with Crippen molar-refractivity contribution in [3.8, 4) is 0 Å². The molecule has 2 aliphatic heterocycles. The largest absolute Gasteiger partial charge is 0.355 e. The van der Waals surface area contributed by atoms with Gasteiger partial charge >= 0.3 is 0 Å². The molecular weight excluding hydrogens is 570 g/mol. The fraction of sp³-hybridized carbons (Fsp3) is 0.100. The van der Waals surface area contributed by atoms with Gasteiger partial charge in [-0.2, -0.15) is 0 Å². The van der Waals surface area contributed by atoms with E-state index >= 15 is 0 Å². The minimum absolute atomic E-state index is 0.0338. The van der Waals surface area contributed by atoms with E-state index in [4.69, 9.17) is 4.98 Å². The van der Waals surface area contributed by atoms with Crippen LogP contribution in [0.4, 0.5) is 11.4 Å². The van der Waals surface area contributed by atoms with Gasteiger partial charge in [0.15, 0.2) is 5.78 Å². The summed E-state index contributed by atoms with van der Waals surface area (Å²) in [4.78, 5) is 33.7. The van der Waals surface area contributed by atoms with E-state index in [1.807, 2.05) is 91.0 Å². The summed E-state index contributed by atoms with van der Waals surface area (Å²) < 4.78 is 0. The predicted octanol–water partition coefficient (Wildman–Crippen LogP) is 8.91. The number of benzene rings is 5. The highest BCUT2D eigenvalue weighted by molar-refractivity contribution is 6.05. The number of rotatable bonds is 6. The highest BCUT2D eigenvalue weighted by Crippen LogP contribution is 2.58. The lowest BCUT2D eigenvalue weighted by molar-refractivity contribution is -0.384. The maximum absolute atomic E-state index is 14.9. The van der Waals surface area contributed by atoms with E-state index in [9.17, 15) is 14.9 Å². The summed E-state index contributed by atoms with van der Waals surface area (Å²) in [5.74, 6) is -0.701. The summed E-state index contributed by atoms with van der Waals surface area (Å²) in [5, 5.41) is 12.7. The van der Waals surface area contributed by atoms with Crippen molar-refractivity contribution >= 4 is 39.7 Å². The number of anilines is 1. The fourth-order valence-corrected chi connectivity index (χ4v) is 7.43. The molecule has 5 aromatic carbocycles. The summed E-state index contributed by atoms with van der Waals surface area (Å²) in [5.41, 5.74) is 7.39. The number of pyridine rings is 1. The number of hydrogen-bond donors (Lipinski definition) is 0. The lowest BCUT2D eigenvalue weighted by Crippen LogP contribution is -2.40. The lowest BCUT2D eigenvalue weighted by atomic mass is 9.74. The van der Waals surface area contributed by atoms with E-state index in [-0.39, 0.29) is 34.4 Å². The van der Waals surface area contributed by atoms with Crippen molar-refractivity contribution in [1.82, 2.24) is 4.98 Å². The standard InChI is InChI=1S/C40H29N3O3/c44-40(29-14-5-2-6-15-29)37-36(27-12-3-1-4-13-27)38(28-19-22-31(23-20-28)43(45)46)42-35-18-10-8-16-30(35)25-32(39(37)42)34-24-21-26-11-7-9-17-33(26)41-34/h1-25,36-39H/t36-,37-,38+,39-/m1/s1. The Morgan fingerprint density at radius 2 is 1.35 bits per heavy atom. The molecule has 46 heavy (non-hydrogen) atoms. The second kappa shape index (κ2) is 11.2. The molecule has 0 radical (unpaired) electrons. The third kappa shape index (κ3) is 4.58. The molecule has 0 aliphatic carbocycles. The molecule has 4 atom stereocenters. The van der Waals surface area contributed by atoms with Crippen LogP contribution >= 0.6 is 0 Å². The predicted molar refractivity (Wildman–Crippen MR) is 182 cm³/mol. The van der Waals surface area contributed by atoms with Crippen LogP contribution in [0.25, 0.3) is 22.6 Å². The van der Waals surface area contributed by atoms with Crippen LogP contribution < -0.4 is 4.90 Å². The fourth-order valence-electron chi connectivity index (χ4n) is 7.43. The van der Waals surface area contributed by atoms with Crippen LogP contribution in [0.15, 0.2) is 146 Å². The molecule has 1 aromatic heterocycles. The number of ketones is 1. The second-order valence-corrected chi connectivity index (χ2v) is 11.9. The van der Waals surface area contributed by atoms with Gasteiger partial charge in [-0.05, 0) is 41.0 Å². The van der Waals surface area contributed by atoms with Crippen LogP contribution in [-0.4, -0.2) is 21.7 Å². The van der Waals surface area contributed by atoms with Crippen LogP contribution in [0.3, 0.4) is 0 Å². The van der Waals surface area contributed by atoms with Crippen molar-refractivity contribution in [2.45, 2.75) is 18.0 Å². The van der Waals surface area contributed by atoms with Gasteiger partial charge in [-0.25, -0.2) is 4.98 Å². The van der Waals surface area contributed by atoms with Crippen molar-refractivity contribution in [3.63, 3.8) is 0 Å². The monoisotopic (exact) mass is 599 g/mol. The number of para-hydroxylation sites is 2. The van der Waals surface area contributed by atoms with E-state index in [0.717, 1.165) is 44.5 Å². The molecule has 3 heterocycles. The van der Waals surface area contributed by atoms with Crippen molar-refractivity contribution < 1.29 is 9.72 Å². The Balaban J connectivity index is 1.41. The summed E-state index contributed by atoms with van der Waals surface area (Å²) in [6.45, 7) is 0. The average Bonchev–Trinajstić information content (AvgIpc) is 3.48. The topological polar surface area (TPSA) is 76.3 Å². The zero-order valence-corrected chi connectivity index (χ0v) is 24.8. The Labute approximate surface area is 266 Å². The Kier molecular flexibility index (Phi) is 6.76. The zero-order valence-electron chi connectivity index (χ0n) is 24.8. The van der Waals surface area contributed by atoms with E-state index in [0.29, 0.717) is 5.56 Å². The number of nitrogens with zero attached hydrogens (tertiary/aromatic N) is 3. The minimum Gasteiger partial charge on any atom is -0.355 e. The number of carbonyl (C=O) groups excluding carboxylic acids is 1. The molecule has 0 spiro atoms. The van der Waals surface area contributed by atoms with Gasteiger partial charge in [0.05, 0.1) is 34.1 Å². The third-order valence-corrected chi connectivity index (χ3v) is 9.40. The number of non-ortho nitro benzene ring substituents is 1. The van der Waals surface area contributed by atoms with Crippen LogP contribution in [0.1, 0.15) is 44.7 Å². The van der Waals surface area contributed by atoms with Gasteiger partial charge in [-0.1, -0.05) is 115 Å².